The summed E-state index contributed by atoms with van der Waals surface area (Å²) in [4.78, 5) is 13.1. The summed E-state index contributed by atoms with van der Waals surface area (Å²) in [5.74, 6) is 1.46. The molecule has 1 rings (SSSR count). The summed E-state index contributed by atoms with van der Waals surface area (Å²) in [5.41, 5.74) is 0.381. The minimum absolute atomic E-state index is 0.0659. The van der Waals surface area contributed by atoms with Crippen LogP contribution in [0.3, 0.4) is 0 Å². The molecule has 2 N–H and O–H groups in total. The lowest BCUT2D eigenvalue weighted by atomic mass is 10.6. The van der Waals surface area contributed by atoms with Gasteiger partial charge in [-0.15, -0.1) is 6.58 Å². The fourth-order valence-corrected chi connectivity index (χ4v) is 4.21. The van der Waals surface area contributed by atoms with Crippen LogP contribution < -0.4 is 9.60 Å². The predicted molar refractivity (Wildman–Crippen MR) is 72.4 cm³/mol. The van der Waals surface area contributed by atoms with E-state index in [4.69, 9.17) is 0 Å². The number of hydrogen-bond acceptors (Lipinski definition) is 5. The number of H-pyrrole nitrogens is 1. The van der Waals surface area contributed by atoms with Crippen LogP contribution in [0, 0.1) is 6.92 Å². The van der Waals surface area contributed by atoms with Crippen molar-refractivity contribution >= 4 is 33.1 Å². The standard InChI is InChI=1S/C9H14N2O3S3/c1-3-5-15-6-4-10-17(13,14)8-7(2)11-9(12)16-8/h3,10H,1,4-6H2,2H3,(H,11,12). The summed E-state index contributed by atoms with van der Waals surface area (Å²) < 4.78 is 26.1. The van der Waals surface area contributed by atoms with E-state index in [1.165, 1.54) is 0 Å². The molecule has 0 aromatic carbocycles. The Kier molecular flexibility index (Phi) is 5.44. The van der Waals surface area contributed by atoms with E-state index in [1.54, 1.807) is 24.8 Å². The molecule has 1 heterocycles. The monoisotopic (exact) mass is 294 g/mol. The van der Waals surface area contributed by atoms with Gasteiger partial charge >= 0.3 is 4.87 Å². The Hall–Kier alpha value is -0.570. The van der Waals surface area contributed by atoms with Crippen molar-refractivity contribution in [3.63, 3.8) is 0 Å². The van der Waals surface area contributed by atoms with Gasteiger partial charge in [0.1, 0.15) is 0 Å². The molecule has 0 amide bonds. The fourth-order valence-electron chi connectivity index (χ4n) is 1.13. The highest BCUT2D eigenvalue weighted by molar-refractivity contribution is 7.99. The van der Waals surface area contributed by atoms with Gasteiger partial charge in [0.2, 0.25) is 0 Å². The Morgan fingerprint density at radius 1 is 1.59 bits per heavy atom. The molecular weight excluding hydrogens is 280 g/mol. The van der Waals surface area contributed by atoms with Gasteiger partial charge in [-0.25, -0.2) is 13.1 Å². The smallest absolute Gasteiger partial charge is 0.305 e. The van der Waals surface area contributed by atoms with Crippen molar-refractivity contribution in [1.29, 1.82) is 0 Å². The molecule has 0 saturated heterocycles. The number of aromatic amines is 1. The molecular formula is C9H14N2O3S3. The minimum atomic E-state index is -3.56. The zero-order valence-corrected chi connectivity index (χ0v) is 11.8. The van der Waals surface area contributed by atoms with E-state index in [-0.39, 0.29) is 9.08 Å². The van der Waals surface area contributed by atoms with E-state index in [0.29, 0.717) is 29.3 Å². The second-order valence-corrected chi connectivity index (χ2v) is 7.28. The quantitative estimate of drug-likeness (QED) is 0.579. The maximum Gasteiger partial charge on any atom is 0.305 e. The average Bonchev–Trinajstić information content (AvgIpc) is 2.58. The van der Waals surface area contributed by atoms with Gasteiger partial charge in [0.05, 0.1) is 0 Å². The van der Waals surface area contributed by atoms with Crippen LogP contribution in [0.2, 0.25) is 0 Å². The van der Waals surface area contributed by atoms with Gasteiger partial charge in [-0.1, -0.05) is 17.4 Å². The Labute approximate surface area is 108 Å². The first-order valence-electron chi connectivity index (χ1n) is 4.85. The lowest BCUT2D eigenvalue weighted by Crippen LogP contribution is -2.26. The number of hydrogen-bond donors (Lipinski definition) is 2. The Balaban J connectivity index is 2.60. The molecule has 1 aromatic rings. The molecule has 8 heteroatoms. The lowest BCUT2D eigenvalue weighted by molar-refractivity contribution is 0.585. The van der Waals surface area contributed by atoms with Crippen LogP contribution in [0.5, 0.6) is 0 Å². The van der Waals surface area contributed by atoms with Crippen LogP contribution in [0.1, 0.15) is 5.69 Å². The molecule has 0 saturated carbocycles. The molecule has 0 spiro atoms. The fraction of sp³-hybridized carbons (Fsp3) is 0.444. The third-order valence-corrected chi connectivity index (χ3v) is 5.83. The van der Waals surface area contributed by atoms with Crippen molar-refractivity contribution in [3.05, 3.63) is 28.0 Å². The van der Waals surface area contributed by atoms with Crippen LogP contribution in [-0.2, 0) is 10.0 Å². The van der Waals surface area contributed by atoms with Crippen LogP contribution in [0.25, 0.3) is 0 Å². The summed E-state index contributed by atoms with van der Waals surface area (Å²) in [5, 5.41) is 0. The average molecular weight is 294 g/mol. The van der Waals surface area contributed by atoms with E-state index < -0.39 is 10.0 Å². The molecule has 0 fully saturated rings. The second kappa shape index (κ2) is 6.39. The van der Waals surface area contributed by atoms with E-state index >= 15 is 0 Å². The Bertz CT molecular complexity index is 530. The van der Waals surface area contributed by atoms with Gasteiger partial charge in [0, 0.05) is 23.7 Å². The zero-order chi connectivity index (χ0) is 12.9. The van der Waals surface area contributed by atoms with Crippen molar-refractivity contribution in [3.8, 4) is 0 Å². The topological polar surface area (TPSA) is 79.0 Å². The SMILES string of the molecule is C=CCSCCNS(=O)(=O)c1sc(=O)[nH]c1C. The molecule has 0 radical (unpaired) electrons. The predicted octanol–water partition coefficient (Wildman–Crippen LogP) is 0.942. The van der Waals surface area contributed by atoms with Crippen LogP contribution in [-0.4, -0.2) is 31.5 Å². The third-order valence-electron chi connectivity index (χ3n) is 1.80. The normalized spacial score (nSPS) is 11.6. The number of sulfonamides is 1. The number of nitrogens with one attached hydrogen (secondary N) is 2. The number of aryl methyl sites for hydroxylation is 1. The summed E-state index contributed by atoms with van der Waals surface area (Å²) in [6.07, 6.45) is 1.77. The van der Waals surface area contributed by atoms with Gasteiger partial charge in [-0.3, -0.25) is 4.79 Å². The van der Waals surface area contributed by atoms with Crippen molar-refractivity contribution in [2.24, 2.45) is 0 Å². The highest BCUT2D eigenvalue weighted by atomic mass is 32.2. The first kappa shape index (κ1) is 14.5. The Morgan fingerprint density at radius 3 is 2.82 bits per heavy atom. The molecule has 1 aromatic heterocycles. The van der Waals surface area contributed by atoms with E-state index in [0.717, 1.165) is 5.75 Å². The number of aromatic nitrogens is 1. The number of thiazole rings is 1. The van der Waals surface area contributed by atoms with Gasteiger partial charge in [-0.2, -0.15) is 11.8 Å². The largest absolute Gasteiger partial charge is 0.315 e. The summed E-state index contributed by atoms with van der Waals surface area (Å²) in [6, 6.07) is 0. The Morgan fingerprint density at radius 2 is 2.29 bits per heavy atom. The summed E-state index contributed by atoms with van der Waals surface area (Å²) >= 11 is 2.29. The maximum absolute atomic E-state index is 11.8. The third kappa shape index (κ3) is 4.30. The van der Waals surface area contributed by atoms with Crippen LogP contribution in [0.15, 0.2) is 21.7 Å². The molecule has 0 aliphatic heterocycles. The van der Waals surface area contributed by atoms with Gasteiger partial charge in [0.25, 0.3) is 10.0 Å². The molecule has 0 aliphatic carbocycles. The maximum atomic E-state index is 11.8. The zero-order valence-electron chi connectivity index (χ0n) is 9.36. The lowest BCUT2D eigenvalue weighted by Gasteiger charge is -2.04. The van der Waals surface area contributed by atoms with Crippen molar-refractivity contribution < 1.29 is 8.42 Å². The first-order chi connectivity index (χ1) is 7.97. The second-order valence-electron chi connectivity index (χ2n) is 3.19. The highest BCUT2D eigenvalue weighted by Crippen LogP contribution is 2.15. The molecule has 5 nitrogen and oxygen atoms in total. The van der Waals surface area contributed by atoms with Gasteiger partial charge < -0.3 is 4.98 Å². The van der Waals surface area contributed by atoms with Crippen LogP contribution in [0.4, 0.5) is 0 Å². The van der Waals surface area contributed by atoms with E-state index in [1.807, 2.05) is 0 Å². The van der Waals surface area contributed by atoms with E-state index in [9.17, 15) is 13.2 Å². The number of thioether (sulfide) groups is 1. The number of rotatable bonds is 7. The molecule has 17 heavy (non-hydrogen) atoms. The molecule has 0 unspecified atom stereocenters. The van der Waals surface area contributed by atoms with Gasteiger partial charge in [0.15, 0.2) is 4.21 Å². The summed E-state index contributed by atoms with van der Waals surface area (Å²) in [6.45, 7) is 5.48. The highest BCUT2D eigenvalue weighted by Gasteiger charge is 2.19. The minimum Gasteiger partial charge on any atom is -0.315 e. The van der Waals surface area contributed by atoms with Crippen molar-refractivity contribution in [1.82, 2.24) is 9.71 Å². The molecule has 0 aliphatic rings. The molecule has 0 bridgehead atoms. The van der Waals surface area contributed by atoms with Crippen LogP contribution >= 0.6 is 23.1 Å². The summed E-state index contributed by atoms with van der Waals surface area (Å²) in [7, 11) is -3.56. The first-order valence-corrected chi connectivity index (χ1v) is 8.31. The van der Waals surface area contributed by atoms with Crippen molar-refractivity contribution in [2.45, 2.75) is 11.1 Å². The van der Waals surface area contributed by atoms with Crippen molar-refractivity contribution in [2.75, 3.05) is 18.1 Å². The molecule has 0 atom stereocenters. The van der Waals surface area contributed by atoms with Gasteiger partial charge in [-0.05, 0) is 6.92 Å². The molecule has 96 valence electrons. The van der Waals surface area contributed by atoms with E-state index in [2.05, 4.69) is 16.3 Å².